The Morgan fingerprint density at radius 2 is 2.18 bits per heavy atom. The van der Waals surface area contributed by atoms with Gasteiger partial charge in [-0.15, -0.1) is 0 Å². The van der Waals surface area contributed by atoms with Crippen LogP contribution in [0.5, 0.6) is 0 Å². The molecular formula is C17H21FN4. The van der Waals surface area contributed by atoms with E-state index in [1.165, 1.54) is 11.6 Å². The van der Waals surface area contributed by atoms with Crippen LogP contribution in [0.1, 0.15) is 23.5 Å². The lowest BCUT2D eigenvalue weighted by Crippen LogP contribution is -2.38. The molecular weight excluding hydrogens is 279 g/mol. The molecule has 4 nitrogen and oxygen atoms in total. The van der Waals surface area contributed by atoms with Crippen LogP contribution in [0.3, 0.4) is 0 Å². The van der Waals surface area contributed by atoms with Gasteiger partial charge >= 0.3 is 0 Å². The molecule has 1 aliphatic rings. The van der Waals surface area contributed by atoms with E-state index in [9.17, 15) is 4.39 Å². The van der Waals surface area contributed by atoms with Gasteiger partial charge in [0.15, 0.2) is 5.96 Å². The van der Waals surface area contributed by atoms with Gasteiger partial charge in [-0.1, -0.05) is 18.2 Å². The van der Waals surface area contributed by atoms with E-state index in [-0.39, 0.29) is 17.8 Å². The van der Waals surface area contributed by atoms with Crippen molar-refractivity contribution in [3.63, 3.8) is 0 Å². The molecule has 2 N–H and O–H groups in total. The Bertz CT molecular complexity index is 677. The summed E-state index contributed by atoms with van der Waals surface area (Å²) in [5.74, 6) is 0.869. The lowest BCUT2D eigenvalue weighted by Gasteiger charge is -2.11. The number of rotatable bonds is 4. The molecule has 1 fully saturated rings. The molecule has 2 unspecified atom stereocenters. The molecule has 1 aromatic heterocycles. The lowest BCUT2D eigenvalue weighted by atomic mass is 10.1. The summed E-state index contributed by atoms with van der Waals surface area (Å²) in [4.78, 5) is 4.23. The third kappa shape index (κ3) is 3.30. The molecule has 0 saturated heterocycles. The fourth-order valence-corrected chi connectivity index (χ4v) is 2.70. The Balaban J connectivity index is 1.53. The van der Waals surface area contributed by atoms with Crippen molar-refractivity contribution in [1.29, 1.82) is 0 Å². The molecule has 116 valence electrons. The van der Waals surface area contributed by atoms with E-state index in [0.29, 0.717) is 0 Å². The van der Waals surface area contributed by atoms with Crippen molar-refractivity contribution in [3.05, 3.63) is 59.7 Å². The van der Waals surface area contributed by atoms with Crippen LogP contribution < -0.4 is 10.6 Å². The molecule has 0 amide bonds. The Hall–Kier alpha value is -2.30. The van der Waals surface area contributed by atoms with E-state index in [4.69, 9.17) is 0 Å². The Morgan fingerprint density at radius 1 is 1.36 bits per heavy atom. The molecule has 0 aliphatic heterocycles. The number of halogens is 1. The summed E-state index contributed by atoms with van der Waals surface area (Å²) in [5, 5.41) is 6.65. The Morgan fingerprint density at radius 3 is 2.86 bits per heavy atom. The SMILES string of the molecule is CN=C(NCc1ccn(C)c1)NC1CC1c1ccccc1F. The zero-order valence-corrected chi connectivity index (χ0v) is 12.9. The number of hydrogen-bond donors (Lipinski definition) is 2. The first-order valence-electron chi connectivity index (χ1n) is 7.50. The van der Waals surface area contributed by atoms with Crippen molar-refractivity contribution in [2.75, 3.05) is 7.05 Å². The number of benzene rings is 1. The zero-order chi connectivity index (χ0) is 15.5. The summed E-state index contributed by atoms with van der Waals surface area (Å²) in [5.41, 5.74) is 1.99. The Labute approximate surface area is 130 Å². The van der Waals surface area contributed by atoms with E-state index in [2.05, 4.69) is 27.9 Å². The van der Waals surface area contributed by atoms with Gasteiger partial charge in [0.05, 0.1) is 0 Å². The van der Waals surface area contributed by atoms with Crippen molar-refractivity contribution in [2.45, 2.75) is 24.9 Å². The second-order valence-electron chi connectivity index (χ2n) is 5.73. The Kier molecular flexibility index (Phi) is 4.13. The second kappa shape index (κ2) is 6.22. The minimum absolute atomic E-state index is 0.121. The maximum Gasteiger partial charge on any atom is 0.191 e. The zero-order valence-electron chi connectivity index (χ0n) is 12.9. The van der Waals surface area contributed by atoms with Gasteiger partial charge in [-0.25, -0.2) is 4.39 Å². The normalized spacial score (nSPS) is 20.8. The number of guanidine groups is 1. The van der Waals surface area contributed by atoms with Crippen molar-refractivity contribution < 1.29 is 4.39 Å². The van der Waals surface area contributed by atoms with Crippen LogP contribution in [0, 0.1) is 5.82 Å². The molecule has 1 heterocycles. The highest BCUT2D eigenvalue weighted by atomic mass is 19.1. The highest BCUT2D eigenvalue weighted by Crippen LogP contribution is 2.41. The second-order valence-corrected chi connectivity index (χ2v) is 5.73. The van der Waals surface area contributed by atoms with Gasteiger partial charge in [0.25, 0.3) is 0 Å². The third-order valence-corrected chi connectivity index (χ3v) is 3.99. The molecule has 1 aliphatic carbocycles. The van der Waals surface area contributed by atoms with Crippen molar-refractivity contribution in [1.82, 2.24) is 15.2 Å². The van der Waals surface area contributed by atoms with Crippen LogP contribution in [-0.2, 0) is 13.6 Å². The van der Waals surface area contributed by atoms with Crippen molar-refractivity contribution >= 4 is 5.96 Å². The maximum atomic E-state index is 13.8. The van der Waals surface area contributed by atoms with Crippen LogP contribution in [0.25, 0.3) is 0 Å². The highest BCUT2D eigenvalue weighted by Gasteiger charge is 2.40. The van der Waals surface area contributed by atoms with Crippen LogP contribution >= 0.6 is 0 Å². The average molecular weight is 300 g/mol. The van der Waals surface area contributed by atoms with Crippen molar-refractivity contribution in [3.8, 4) is 0 Å². The fraction of sp³-hybridized carbons (Fsp3) is 0.353. The minimum atomic E-state index is -0.121. The molecule has 2 atom stereocenters. The summed E-state index contributed by atoms with van der Waals surface area (Å²) < 4.78 is 15.8. The molecule has 0 spiro atoms. The average Bonchev–Trinajstić information content (AvgIpc) is 3.15. The molecule has 1 aromatic carbocycles. The third-order valence-electron chi connectivity index (χ3n) is 3.99. The van der Waals surface area contributed by atoms with E-state index in [1.807, 2.05) is 29.9 Å². The quantitative estimate of drug-likeness (QED) is 0.672. The largest absolute Gasteiger partial charge is 0.357 e. The molecule has 22 heavy (non-hydrogen) atoms. The van der Waals surface area contributed by atoms with Gasteiger partial charge in [0, 0.05) is 45.0 Å². The minimum Gasteiger partial charge on any atom is -0.357 e. The molecule has 3 rings (SSSR count). The number of aryl methyl sites for hydroxylation is 1. The summed E-state index contributed by atoms with van der Waals surface area (Å²) in [6, 6.07) is 9.31. The number of hydrogen-bond acceptors (Lipinski definition) is 1. The summed E-state index contributed by atoms with van der Waals surface area (Å²) in [7, 11) is 3.75. The van der Waals surface area contributed by atoms with Crippen molar-refractivity contribution in [2.24, 2.45) is 12.0 Å². The molecule has 1 saturated carbocycles. The molecule has 0 radical (unpaired) electrons. The fourth-order valence-electron chi connectivity index (χ4n) is 2.70. The van der Waals surface area contributed by atoms with Gasteiger partial charge in [0.1, 0.15) is 5.82 Å². The first-order valence-corrected chi connectivity index (χ1v) is 7.50. The predicted octanol–water partition coefficient (Wildman–Crippen LogP) is 2.39. The van der Waals surface area contributed by atoms with Gasteiger partial charge in [0.2, 0.25) is 0 Å². The van der Waals surface area contributed by atoms with E-state index >= 15 is 0 Å². The monoisotopic (exact) mass is 300 g/mol. The molecule has 0 bridgehead atoms. The van der Waals surface area contributed by atoms with Gasteiger partial charge < -0.3 is 15.2 Å². The van der Waals surface area contributed by atoms with Crippen LogP contribution in [0.15, 0.2) is 47.7 Å². The van der Waals surface area contributed by atoms with Gasteiger partial charge in [-0.2, -0.15) is 0 Å². The predicted molar refractivity (Wildman–Crippen MR) is 86.3 cm³/mol. The van der Waals surface area contributed by atoms with Crippen LogP contribution in [0.2, 0.25) is 0 Å². The topological polar surface area (TPSA) is 41.4 Å². The summed E-state index contributed by atoms with van der Waals surface area (Å²) in [6.45, 7) is 0.720. The highest BCUT2D eigenvalue weighted by molar-refractivity contribution is 5.80. The summed E-state index contributed by atoms with van der Waals surface area (Å²) in [6.07, 6.45) is 5.02. The number of aromatic nitrogens is 1. The van der Waals surface area contributed by atoms with Crippen LogP contribution in [0.4, 0.5) is 4.39 Å². The van der Waals surface area contributed by atoms with Crippen LogP contribution in [-0.4, -0.2) is 23.6 Å². The van der Waals surface area contributed by atoms with E-state index < -0.39 is 0 Å². The number of nitrogens with one attached hydrogen (secondary N) is 2. The standard InChI is InChI=1S/C17H21FN4/c1-19-17(20-10-12-7-8-22(2)11-12)21-16-9-14(16)13-5-3-4-6-15(13)18/h3-8,11,14,16H,9-10H2,1-2H3,(H2,19,20,21). The van der Waals surface area contributed by atoms with E-state index in [1.54, 1.807) is 13.1 Å². The van der Waals surface area contributed by atoms with Gasteiger partial charge in [-0.05, 0) is 29.7 Å². The maximum absolute atomic E-state index is 13.8. The summed E-state index contributed by atoms with van der Waals surface area (Å²) >= 11 is 0. The van der Waals surface area contributed by atoms with E-state index in [0.717, 1.165) is 24.5 Å². The molecule has 5 heteroatoms. The first kappa shape index (κ1) is 14.6. The lowest BCUT2D eigenvalue weighted by molar-refractivity contribution is 0.607. The van der Waals surface area contributed by atoms with Gasteiger partial charge in [-0.3, -0.25) is 4.99 Å². The number of aliphatic imine (C=N–C) groups is 1. The smallest absolute Gasteiger partial charge is 0.191 e. The molecule has 2 aromatic rings. The number of nitrogens with zero attached hydrogens (tertiary/aromatic N) is 2. The first-order chi connectivity index (χ1) is 10.7.